The van der Waals surface area contributed by atoms with Gasteiger partial charge in [0.15, 0.2) is 5.11 Å². The summed E-state index contributed by atoms with van der Waals surface area (Å²) in [6, 6.07) is 8.91. The van der Waals surface area contributed by atoms with Gasteiger partial charge in [0.25, 0.3) is 0 Å². The van der Waals surface area contributed by atoms with Gasteiger partial charge in [0.2, 0.25) is 0 Å². The Morgan fingerprint density at radius 3 is 2.38 bits per heavy atom. The number of thiocarbonyl (C=S) groups is 1. The second-order valence-corrected chi connectivity index (χ2v) is 6.74. The number of nitrogens with zero attached hydrogens (tertiary/aromatic N) is 2. The van der Waals surface area contributed by atoms with Crippen molar-refractivity contribution in [3.8, 4) is 0 Å². The van der Waals surface area contributed by atoms with Crippen LogP contribution < -0.4 is 5.32 Å². The van der Waals surface area contributed by atoms with Crippen LogP contribution in [-0.4, -0.2) is 47.1 Å². The lowest BCUT2D eigenvalue weighted by Gasteiger charge is -2.39. The van der Waals surface area contributed by atoms with Crippen LogP contribution in [-0.2, 0) is 0 Å². The fraction of sp³-hybridized carbons (Fsp3) is 0.562. The van der Waals surface area contributed by atoms with Crippen LogP contribution >= 0.6 is 23.8 Å². The summed E-state index contributed by atoms with van der Waals surface area (Å²) in [5.41, 5.74) is 0.992. The van der Waals surface area contributed by atoms with Crippen molar-refractivity contribution in [3.63, 3.8) is 0 Å². The van der Waals surface area contributed by atoms with Crippen LogP contribution in [0, 0.1) is 0 Å². The molecule has 0 bridgehead atoms. The van der Waals surface area contributed by atoms with Crippen molar-refractivity contribution in [2.75, 3.05) is 25.5 Å². The second-order valence-electron chi connectivity index (χ2n) is 5.91. The van der Waals surface area contributed by atoms with Crippen LogP contribution in [0.4, 0.5) is 5.69 Å². The van der Waals surface area contributed by atoms with E-state index in [1.54, 1.807) is 0 Å². The minimum absolute atomic E-state index is 0.598. The third-order valence-electron chi connectivity index (χ3n) is 4.24. The topological polar surface area (TPSA) is 18.5 Å². The molecule has 3 nitrogen and oxygen atoms in total. The number of halogens is 1. The summed E-state index contributed by atoms with van der Waals surface area (Å²) in [6.07, 6.45) is 2.33. The molecule has 2 rings (SSSR count). The van der Waals surface area contributed by atoms with Gasteiger partial charge < -0.3 is 15.1 Å². The quantitative estimate of drug-likeness (QED) is 0.851. The van der Waals surface area contributed by atoms with Gasteiger partial charge in [-0.1, -0.05) is 11.6 Å². The lowest BCUT2D eigenvalue weighted by atomic mass is 10.0. The number of rotatable bonds is 3. The Balaban J connectivity index is 1.84. The van der Waals surface area contributed by atoms with Crippen molar-refractivity contribution < 1.29 is 0 Å². The predicted octanol–water partition coefficient (Wildman–Crippen LogP) is 3.84. The van der Waals surface area contributed by atoms with Gasteiger partial charge in [0, 0.05) is 35.9 Å². The van der Waals surface area contributed by atoms with Crippen molar-refractivity contribution in [3.05, 3.63) is 29.3 Å². The third-order valence-corrected chi connectivity index (χ3v) is 4.85. The highest BCUT2D eigenvalue weighted by molar-refractivity contribution is 7.80. The molecule has 0 spiro atoms. The molecule has 0 atom stereocenters. The summed E-state index contributed by atoms with van der Waals surface area (Å²) in [4.78, 5) is 4.72. The molecule has 1 aromatic carbocycles. The molecule has 0 amide bonds. The first kappa shape index (κ1) is 16.5. The van der Waals surface area contributed by atoms with Crippen LogP contribution in [0.3, 0.4) is 0 Å². The van der Waals surface area contributed by atoms with E-state index in [-0.39, 0.29) is 0 Å². The largest absolute Gasteiger partial charge is 0.349 e. The molecule has 1 saturated heterocycles. The van der Waals surface area contributed by atoms with Crippen LogP contribution in [0.5, 0.6) is 0 Å². The zero-order chi connectivity index (χ0) is 15.4. The van der Waals surface area contributed by atoms with Gasteiger partial charge in [0.1, 0.15) is 0 Å². The fourth-order valence-corrected chi connectivity index (χ4v) is 3.06. The Morgan fingerprint density at radius 2 is 1.86 bits per heavy atom. The molecule has 0 radical (unpaired) electrons. The number of piperidine rings is 1. The number of likely N-dealkylation sites (tertiary alicyclic amines) is 1. The van der Waals surface area contributed by atoms with Crippen molar-refractivity contribution in [2.24, 2.45) is 0 Å². The van der Waals surface area contributed by atoms with Gasteiger partial charge in [-0.05, 0) is 70.2 Å². The van der Waals surface area contributed by atoms with Gasteiger partial charge in [0.05, 0.1) is 0 Å². The summed E-state index contributed by atoms with van der Waals surface area (Å²) in [5.74, 6) is 0. The van der Waals surface area contributed by atoms with Gasteiger partial charge in [-0.15, -0.1) is 0 Å². The molecule has 0 aliphatic carbocycles. The Bertz CT molecular complexity index is 467. The third kappa shape index (κ3) is 4.56. The van der Waals surface area contributed by atoms with Crippen LogP contribution in [0.15, 0.2) is 24.3 Å². The van der Waals surface area contributed by atoms with Gasteiger partial charge in [-0.25, -0.2) is 0 Å². The molecule has 0 unspecified atom stereocenters. The molecule has 0 aromatic heterocycles. The Kier molecular flexibility index (Phi) is 5.85. The average molecular weight is 326 g/mol. The average Bonchev–Trinajstić information content (AvgIpc) is 2.49. The van der Waals surface area contributed by atoms with Crippen LogP contribution in [0.2, 0.25) is 5.02 Å². The van der Waals surface area contributed by atoms with E-state index in [9.17, 15) is 0 Å². The molecule has 1 aliphatic rings. The fourth-order valence-electron chi connectivity index (χ4n) is 2.63. The predicted molar refractivity (Wildman–Crippen MR) is 95.2 cm³/mol. The molecule has 1 fully saturated rings. The summed E-state index contributed by atoms with van der Waals surface area (Å²) >= 11 is 11.4. The van der Waals surface area contributed by atoms with E-state index in [0.717, 1.165) is 41.8 Å². The van der Waals surface area contributed by atoms with Crippen LogP contribution in [0.25, 0.3) is 0 Å². The van der Waals surface area contributed by atoms with E-state index in [1.807, 2.05) is 24.3 Å². The molecule has 116 valence electrons. The zero-order valence-electron chi connectivity index (χ0n) is 13.0. The zero-order valence-corrected chi connectivity index (χ0v) is 14.5. The molecule has 1 N–H and O–H groups in total. The summed E-state index contributed by atoms with van der Waals surface area (Å²) in [7, 11) is 2.22. The minimum atomic E-state index is 0.598. The van der Waals surface area contributed by atoms with E-state index < -0.39 is 0 Å². The van der Waals surface area contributed by atoms with E-state index in [4.69, 9.17) is 23.8 Å². The highest BCUT2D eigenvalue weighted by atomic mass is 35.5. The Hall–Kier alpha value is -0.840. The van der Waals surface area contributed by atoms with Crippen molar-refractivity contribution in [1.82, 2.24) is 9.80 Å². The van der Waals surface area contributed by atoms with Crippen molar-refractivity contribution in [1.29, 1.82) is 0 Å². The molecule has 1 aliphatic heterocycles. The molecular weight excluding hydrogens is 302 g/mol. The van der Waals surface area contributed by atoms with Gasteiger partial charge in [-0.2, -0.15) is 0 Å². The first-order chi connectivity index (χ1) is 9.97. The molecule has 5 heteroatoms. The van der Waals surface area contributed by atoms with Crippen molar-refractivity contribution >= 4 is 34.6 Å². The minimum Gasteiger partial charge on any atom is -0.349 e. The first-order valence-electron chi connectivity index (χ1n) is 7.51. The molecule has 1 aromatic rings. The second kappa shape index (κ2) is 7.43. The summed E-state index contributed by atoms with van der Waals surface area (Å²) in [5, 5.41) is 4.84. The van der Waals surface area contributed by atoms with E-state index in [2.05, 4.69) is 36.0 Å². The number of hydrogen-bond acceptors (Lipinski definition) is 2. The first-order valence-corrected chi connectivity index (χ1v) is 8.29. The number of benzene rings is 1. The molecule has 0 saturated carbocycles. The SMILES string of the molecule is CC(C)N(C)C1CCN(C(=S)Nc2ccc(Cl)cc2)CC1. The van der Waals surface area contributed by atoms with E-state index >= 15 is 0 Å². The van der Waals surface area contributed by atoms with Crippen LogP contribution in [0.1, 0.15) is 26.7 Å². The van der Waals surface area contributed by atoms with Gasteiger partial charge in [-0.3, -0.25) is 0 Å². The maximum atomic E-state index is 5.89. The maximum absolute atomic E-state index is 5.89. The van der Waals surface area contributed by atoms with Gasteiger partial charge >= 0.3 is 0 Å². The van der Waals surface area contributed by atoms with Crippen molar-refractivity contribution in [2.45, 2.75) is 38.8 Å². The monoisotopic (exact) mass is 325 g/mol. The highest BCUT2D eigenvalue weighted by Gasteiger charge is 2.24. The molecular formula is C16H24ClN3S. The number of nitrogens with one attached hydrogen (secondary N) is 1. The normalized spacial score (nSPS) is 16.6. The summed E-state index contributed by atoms with van der Waals surface area (Å²) in [6.45, 7) is 6.53. The van der Waals surface area contributed by atoms with E-state index in [1.165, 1.54) is 0 Å². The molecule has 1 heterocycles. The summed E-state index contributed by atoms with van der Waals surface area (Å²) < 4.78 is 0. The molecule has 21 heavy (non-hydrogen) atoms. The highest BCUT2D eigenvalue weighted by Crippen LogP contribution is 2.19. The lowest BCUT2D eigenvalue weighted by Crippen LogP contribution is -2.48. The van der Waals surface area contributed by atoms with E-state index in [0.29, 0.717) is 12.1 Å². The lowest BCUT2D eigenvalue weighted by molar-refractivity contribution is 0.136. The standard InChI is InChI=1S/C16H24ClN3S/c1-12(2)19(3)15-8-10-20(11-9-15)16(21)18-14-6-4-13(17)5-7-14/h4-7,12,15H,8-11H2,1-3H3,(H,18,21). The number of hydrogen-bond donors (Lipinski definition) is 1. The Labute approximate surface area is 138 Å². The maximum Gasteiger partial charge on any atom is 0.173 e. The smallest absolute Gasteiger partial charge is 0.173 e. The number of anilines is 1. The Morgan fingerprint density at radius 1 is 1.29 bits per heavy atom.